The van der Waals surface area contributed by atoms with Gasteiger partial charge in [0.1, 0.15) is 17.1 Å². The van der Waals surface area contributed by atoms with Crippen LogP contribution in [0, 0.1) is 11.3 Å². The van der Waals surface area contributed by atoms with Crippen LogP contribution in [-0.2, 0) is 9.53 Å². The van der Waals surface area contributed by atoms with Crippen molar-refractivity contribution in [3.63, 3.8) is 0 Å². The fraction of sp³-hybridized carbons (Fsp3) is 0.455. The summed E-state index contributed by atoms with van der Waals surface area (Å²) < 4.78 is 32.7. The van der Waals surface area contributed by atoms with Gasteiger partial charge in [-0.1, -0.05) is 68.0 Å². The number of alkyl carbamates (subject to hydrolysis) is 1. The number of carbonyl (C=O) groups is 2. The Kier molecular flexibility index (Phi) is 8.92. The van der Waals surface area contributed by atoms with Gasteiger partial charge in [0.2, 0.25) is 0 Å². The minimum absolute atomic E-state index is 0.00112. The van der Waals surface area contributed by atoms with Crippen LogP contribution in [0.25, 0.3) is 16.1 Å². The van der Waals surface area contributed by atoms with E-state index in [0.29, 0.717) is 44.2 Å². The molecule has 1 saturated carbocycles. The first-order valence-corrected chi connectivity index (χ1v) is 16.8. The van der Waals surface area contributed by atoms with E-state index >= 15 is 0 Å². The molecule has 2 aliphatic carbocycles. The molecule has 3 N–H and O–H groups in total. The van der Waals surface area contributed by atoms with Crippen molar-refractivity contribution < 1.29 is 23.1 Å². The van der Waals surface area contributed by atoms with Crippen LogP contribution in [0.4, 0.5) is 13.6 Å². The number of benzene rings is 1. The van der Waals surface area contributed by atoms with Crippen molar-refractivity contribution in [1.29, 1.82) is 0 Å². The first kappa shape index (κ1) is 33.7. The fourth-order valence-electron chi connectivity index (χ4n) is 6.27. The molecule has 254 valence electrons. The number of nitrogens with one attached hydrogen (secondary N) is 1. The minimum Gasteiger partial charge on any atom is -0.447 e. The van der Waals surface area contributed by atoms with Crippen molar-refractivity contribution in [3.05, 3.63) is 70.5 Å². The Morgan fingerprint density at radius 3 is 2.67 bits per heavy atom. The lowest BCUT2D eigenvalue weighted by molar-refractivity contribution is -0.136. The standard InChI is InChI=1S/C33H37ClF2N8O3S/c1-31(2,3)17-33(22-8-5-19(6-9-22)21-14-39-43(15-21)28(35)36)27(45)44(29(37)40-33)25(16-47-30(46)41-32(4)11-12-32)20-7-10-24(34)23(13-20)26-42-38-18-48-26/h5-8,10,13-15,18,22,25,28H,9,11-12,16-17H2,1-4H3,(H2,37,40)(H,41,46)/t22?,25-,33-/m1/s1. The average molecular weight is 699 g/mol. The van der Waals surface area contributed by atoms with E-state index in [-0.39, 0.29) is 29.4 Å². The lowest BCUT2D eigenvalue weighted by Gasteiger charge is -2.38. The molecule has 2 amide bonds. The third kappa shape index (κ3) is 6.86. The minimum atomic E-state index is -2.75. The number of aromatic nitrogens is 4. The Hall–Kier alpha value is -4.17. The van der Waals surface area contributed by atoms with E-state index in [2.05, 4.69) is 20.6 Å². The van der Waals surface area contributed by atoms with E-state index in [1.54, 1.807) is 23.7 Å². The van der Waals surface area contributed by atoms with Crippen LogP contribution in [0.5, 0.6) is 0 Å². The van der Waals surface area contributed by atoms with Gasteiger partial charge >= 0.3 is 12.6 Å². The summed E-state index contributed by atoms with van der Waals surface area (Å²) in [5.74, 6) is -0.729. The number of carbonyl (C=O) groups excluding carboxylic acids is 2. The number of hydrogen-bond acceptors (Lipinski definition) is 9. The van der Waals surface area contributed by atoms with Gasteiger partial charge in [-0.25, -0.2) is 14.5 Å². The summed E-state index contributed by atoms with van der Waals surface area (Å²) in [6.45, 7) is 5.08. The molecule has 0 radical (unpaired) electrons. The average Bonchev–Trinajstić information content (AvgIpc) is 3.42. The third-order valence-corrected chi connectivity index (χ3v) is 9.91. The Labute approximate surface area is 285 Å². The molecule has 15 heteroatoms. The highest BCUT2D eigenvalue weighted by Gasteiger charge is 2.55. The fourth-order valence-corrected chi connectivity index (χ4v) is 7.12. The SMILES string of the molecule is CC(C)(C)C[C@]1(C2C=CC(c3cnn(C(F)F)c3)=CC2)N=C(N)N([C@H](COC(=O)NC2(C)CC2)c2ccc(Cl)c(-c3nncs3)c2)C1=O. The smallest absolute Gasteiger partial charge is 0.407 e. The van der Waals surface area contributed by atoms with E-state index in [9.17, 15) is 18.4 Å². The normalized spacial score (nSPS) is 22.5. The summed E-state index contributed by atoms with van der Waals surface area (Å²) in [6.07, 6.45) is 10.2. The molecular weight excluding hydrogens is 662 g/mol. The van der Waals surface area contributed by atoms with Crippen molar-refractivity contribution in [3.8, 4) is 10.6 Å². The number of nitrogens with zero attached hydrogens (tertiary/aromatic N) is 6. The Bertz CT molecular complexity index is 1800. The molecule has 3 atom stereocenters. The number of rotatable bonds is 10. The van der Waals surface area contributed by atoms with E-state index in [4.69, 9.17) is 27.1 Å². The van der Waals surface area contributed by atoms with Crippen molar-refractivity contribution >= 4 is 46.5 Å². The predicted octanol–water partition coefficient (Wildman–Crippen LogP) is 6.76. The molecule has 1 aromatic carbocycles. The Morgan fingerprint density at radius 1 is 1.29 bits per heavy atom. The van der Waals surface area contributed by atoms with Gasteiger partial charge in [0.15, 0.2) is 11.5 Å². The zero-order valence-corrected chi connectivity index (χ0v) is 28.6. The zero-order chi connectivity index (χ0) is 34.4. The third-order valence-electron chi connectivity index (χ3n) is 8.85. The van der Waals surface area contributed by atoms with Crippen molar-refractivity contribution in [2.24, 2.45) is 22.1 Å². The highest BCUT2D eigenvalue weighted by molar-refractivity contribution is 7.12. The largest absolute Gasteiger partial charge is 0.447 e. The number of nitrogens with two attached hydrogens (primary N) is 1. The number of aliphatic imine (C=N–C) groups is 1. The van der Waals surface area contributed by atoms with Gasteiger partial charge < -0.3 is 15.8 Å². The topological polar surface area (TPSA) is 141 Å². The number of ether oxygens (including phenoxy) is 1. The molecule has 3 aromatic rings. The van der Waals surface area contributed by atoms with Gasteiger partial charge in [-0.15, -0.1) is 10.2 Å². The first-order valence-electron chi connectivity index (χ1n) is 15.6. The van der Waals surface area contributed by atoms with Crippen LogP contribution in [0.15, 0.2) is 59.3 Å². The molecule has 0 bridgehead atoms. The quantitative estimate of drug-likeness (QED) is 0.238. The molecule has 6 rings (SSSR count). The van der Waals surface area contributed by atoms with Crippen LogP contribution >= 0.6 is 22.9 Å². The zero-order valence-electron chi connectivity index (χ0n) is 27.0. The number of hydrogen-bond donors (Lipinski definition) is 2. The van der Waals surface area contributed by atoms with Gasteiger partial charge in [-0.05, 0) is 61.3 Å². The van der Waals surface area contributed by atoms with E-state index < -0.39 is 30.1 Å². The predicted molar refractivity (Wildman–Crippen MR) is 179 cm³/mol. The molecule has 1 fully saturated rings. The van der Waals surface area contributed by atoms with Gasteiger partial charge in [-0.3, -0.25) is 9.69 Å². The highest BCUT2D eigenvalue weighted by Crippen LogP contribution is 2.46. The second-order valence-corrected chi connectivity index (χ2v) is 15.2. The lowest BCUT2D eigenvalue weighted by Crippen LogP contribution is -2.51. The van der Waals surface area contributed by atoms with E-state index in [1.807, 2.05) is 45.9 Å². The number of alkyl halides is 2. The maximum atomic E-state index is 14.9. The molecule has 3 aliphatic rings. The monoisotopic (exact) mass is 698 g/mol. The van der Waals surface area contributed by atoms with Crippen molar-refractivity contribution in [1.82, 2.24) is 30.2 Å². The second kappa shape index (κ2) is 12.7. The maximum Gasteiger partial charge on any atom is 0.407 e. The van der Waals surface area contributed by atoms with Crippen LogP contribution in [-0.4, -0.2) is 60.5 Å². The molecule has 3 heterocycles. The molecule has 11 nitrogen and oxygen atoms in total. The second-order valence-electron chi connectivity index (χ2n) is 13.9. The molecule has 1 unspecified atom stereocenters. The molecular formula is C33H37ClF2N8O3S. The first-order chi connectivity index (χ1) is 22.7. The number of allylic oxidation sites excluding steroid dienone is 3. The molecule has 0 saturated heterocycles. The number of guanidine groups is 1. The summed E-state index contributed by atoms with van der Waals surface area (Å²) in [7, 11) is 0. The van der Waals surface area contributed by atoms with Crippen LogP contribution < -0.4 is 11.1 Å². The highest BCUT2D eigenvalue weighted by atomic mass is 35.5. The Morgan fingerprint density at radius 2 is 2.06 bits per heavy atom. The van der Waals surface area contributed by atoms with Gasteiger partial charge in [-0.2, -0.15) is 13.9 Å². The van der Waals surface area contributed by atoms with E-state index in [0.717, 1.165) is 18.4 Å². The molecule has 2 aromatic heterocycles. The summed E-state index contributed by atoms with van der Waals surface area (Å²) >= 11 is 7.88. The Balaban J connectivity index is 1.34. The van der Waals surface area contributed by atoms with Gasteiger partial charge in [0.25, 0.3) is 5.91 Å². The summed E-state index contributed by atoms with van der Waals surface area (Å²) in [6, 6.07) is 4.43. The molecule has 48 heavy (non-hydrogen) atoms. The van der Waals surface area contributed by atoms with Crippen LogP contribution in [0.1, 0.15) is 77.1 Å². The van der Waals surface area contributed by atoms with Gasteiger partial charge in [0, 0.05) is 28.8 Å². The lowest BCUT2D eigenvalue weighted by atomic mass is 9.70. The summed E-state index contributed by atoms with van der Waals surface area (Å²) in [5, 5.41) is 15.8. The van der Waals surface area contributed by atoms with Gasteiger partial charge in [0.05, 0.1) is 17.3 Å². The molecule has 1 aliphatic heterocycles. The van der Waals surface area contributed by atoms with Crippen LogP contribution in [0.2, 0.25) is 5.02 Å². The van der Waals surface area contributed by atoms with Crippen LogP contribution in [0.3, 0.4) is 0 Å². The summed E-state index contributed by atoms with van der Waals surface area (Å²) in [4.78, 5) is 34.1. The number of amides is 2. The summed E-state index contributed by atoms with van der Waals surface area (Å²) in [5.41, 5.74) is 8.82. The van der Waals surface area contributed by atoms with Crippen molar-refractivity contribution in [2.45, 2.75) is 77.0 Å². The molecule has 0 spiro atoms. The van der Waals surface area contributed by atoms with Crippen molar-refractivity contribution in [2.75, 3.05) is 6.61 Å². The maximum absolute atomic E-state index is 14.9. The van der Waals surface area contributed by atoms with E-state index in [1.165, 1.54) is 28.6 Å². The number of halogens is 3.